The van der Waals surface area contributed by atoms with Crippen molar-refractivity contribution < 1.29 is 19.0 Å². The fourth-order valence-corrected chi connectivity index (χ4v) is 4.08. The molecule has 0 fully saturated rings. The van der Waals surface area contributed by atoms with E-state index in [1.807, 2.05) is 36.0 Å². The van der Waals surface area contributed by atoms with E-state index in [1.54, 1.807) is 61.5 Å². The third-order valence-corrected chi connectivity index (χ3v) is 5.72. The first-order chi connectivity index (χ1) is 15.9. The minimum atomic E-state index is -0.146. The predicted molar refractivity (Wildman–Crippen MR) is 127 cm³/mol. The Kier molecular flexibility index (Phi) is 6.46. The van der Waals surface area contributed by atoms with Gasteiger partial charge in [0.15, 0.2) is 11.5 Å². The number of methoxy groups -OCH3 is 3. The third kappa shape index (κ3) is 4.47. The van der Waals surface area contributed by atoms with E-state index in [-0.39, 0.29) is 12.5 Å². The van der Waals surface area contributed by atoms with Gasteiger partial charge in [-0.05, 0) is 29.8 Å². The lowest BCUT2D eigenvalue weighted by Crippen LogP contribution is -2.33. The van der Waals surface area contributed by atoms with Crippen molar-refractivity contribution in [2.45, 2.75) is 13.1 Å². The Balaban J connectivity index is 1.81. The van der Waals surface area contributed by atoms with Crippen LogP contribution in [0.15, 0.2) is 55.0 Å². The van der Waals surface area contributed by atoms with E-state index < -0.39 is 0 Å². The Hall–Kier alpha value is -3.65. The van der Waals surface area contributed by atoms with Crippen molar-refractivity contribution >= 4 is 34.1 Å². The number of halogens is 1. The van der Waals surface area contributed by atoms with E-state index in [4.69, 9.17) is 25.8 Å². The summed E-state index contributed by atoms with van der Waals surface area (Å²) >= 11 is 6.28. The SMILES string of the molecule is COc1cc(N(Cc2cn(C)c3ccc(Cl)cc23)C(=O)Cn2cccn2)cc(OC)c1OC. The lowest BCUT2D eigenvalue weighted by Gasteiger charge is -2.25. The first-order valence-corrected chi connectivity index (χ1v) is 10.6. The van der Waals surface area contributed by atoms with E-state index in [2.05, 4.69) is 5.10 Å². The van der Waals surface area contributed by atoms with Crippen LogP contribution in [0.25, 0.3) is 10.9 Å². The zero-order valence-corrected chi connectivity index (χ0v) is 19.7. The quantitative estimate of drug-likeness (QED) is 0.386. The number of nitrogens with zero attached hydrogens (tertiary/aromatic N) is 4. The summed E-state index contributed by atoms with van der Waals surface area (Å²) in [5.74, 6) is 1.24. The Labute approximate surface area is 196 Å². The molecule has 4 aromatic rings. The number of aromatic nitrogens is 3. The lowest BCUT2D eigenvalue weighted by molar-refractivity contribution is -0.119. The molecule has 1 amide bonds. The summed E-state index contributed by atoms with van der Waals surface area (Å²) in [6.07, 6.45) is 5.40. The summed E-state index contributed by atoms with van der Waals surface area (Å²) in [6, 6.07) is 11.0. The summed E-state index contributed by atoms with van der Waals surface area (Å²) in [7, 11) is 6.60. The van der Waals surface area contributed by atoms with Gasteiger partial charge in [0, 0.05) is 53.7 Å². The van der Waals surface area contributed by atoms with Crippen LogP contribution in [0, 0.1) is 0 Å². The maximum absolute atomic E-state index is 13.5. The molecule has 2 aromatic heterocycles. The van der Waals surface area contributed by atoms with Gasteiger partial charge in [-0.15, -0.1) is 0 Å². The molecule has 0 unspecified atom stereocenters. The van der Waals surface area contributed by atoms with Gasteiger partial charge in [-0.25, -0.2) is 0 Å². The molecule has 0 spiro atoms. The number of carbonyl (C=O) groups is 1. The molecule has 8 nitrogen and oxygen atoms in total. The molecule has 0 saturated carbocycles. The molecule has 2 aromatic carbocycles. The maximum Gasteiger partial charge on any atom is 0.249 e. The van der Waals surface area contributed by atoms with Gasteiger partial charge in [0.05, 0.1) is 33.6 Å². The Morgan fingerprint density at radius 1 is 1.09 bits per heavy atom. The minimum Gasteiger partial charge on any atom is -0.493 e. The van der Waals surface area contributed by atoms with Crippen molar-refractivity contribution in [3.05, 3.63) is 65.6 Å². The normalized spacial score (nSPS) is 10.9. The highest BCUT2D eigenvalue weighted by Gasteiger charge is 2.23. The second-order valence-electron chi connectivity index (χ2n) is 7.49. The number of benzene rings is 2. The molecule has 2 heterocycles. The number of ether oxygens (including phenoxy) is 3. The van der Waals surface area contributed by atoms with Crippen molar-refractivity contribution in [2.75, 3.05) is 26.2 Å². The zero-order valence-electron chi connectivity index (χ0n) is 18.9. The Bertz CT molecular complexity index is 1260. The van der Waals surface area contributed by atoms with E-state index in [0.717, 1.165) is 16.5 Å². The molecule has 9 heteroatoms. The van der Waals surface area contributed by atoms with Crippen molar-refractivity contribution in [3.63, 3.8) is 0 Å². The van der Waals surface area contributed by atoms with Crippen LogP contribution in [0.5, 0.6) is 17.2 Å². The molecule has 0 bridgehead atoms. The van der Waals surface area contributed by atoms with Gasteiger partial charge in [0.1, 0.15) is 6.54 Å². The summed E-state index contributed by atoms with van der Waals surface area (Å²) in [5.41, 5.74) is 2.59. The number of carbonyl (C=O) groups excluding carboxylic acids is 1. The van der Waals surface area contributed by atoms with E-state index in [1.165, 1.54) is 0 Å². The molecular formula is C24H25ClN4O4. The summed E-state index contributed by atoms with van der Waals surface area (Å²) in [4.78, 5) is 15.2. The largest absolute Gasteiger partial charge is 0.493 e. The number of amides is 1. The Morgan fingerprint density at radius 2 is 1.82 bits per heavy atom. The van der Waals surface area contributed by atoms with Crippen molar-refractivity contribution in [1.29, 1.82) is 0 Å². The van der Waals surface area contributed by atoms with Crippen molar-refractivity contribution in [1.82, 2.24) is 14.3 Å². The van der Waals surface area contributed by atoms with Crippen molar-refractivity contribution in [2.24, 2.45) is 7.05 Å². The van der Waals surface area contributed by atoms with Gasteiger partial charge >= 0.3 is 0 Å². The van der Waals surface area contributed by atoms with E-state index >= 15 is 0 Å². The Morgan fingerprint density at radius 3 is 2.42 bits per heavy atom. The average molecular weight is 469 g/mol. The molecule has 0 radical (unpaired) electrons. The van der Waals surface area contributed by atoms with Crippen LogP contribution in [-0.4, -0.2) is 41.6 Å². The first-order valence-electron chi connectivity index (χ1n) is 10.3. The van der Waals surface area contributed by atoms with Crippen LogP contribution in [0.3, 0.4) is 0 Å². The van der Waals surface area contributed by atoms with Crippen LogP contribution in [0.4, 0.5) is 5.69 Å². The highest BCUT2D eigenvalue weighted by Crippen LogP contribution is 2.41. The fraction of sp³-hybridized carbons (Fsp3) is 0.250. The molecule has 33 heavy (non-hydrogen) atoms. The van der Waals surface area contributed by atoms with E-state index in [9.17, 15) is 4.79 Å². The van der Waals surface area contributed by atoms with Crippen LogP contribution < -0.4 is 19.1 Å². The number of aryl methyl sites for hydroxylation is 1. The number of anilines is 1. The van der Waals surface area contributed by atoms with Crippen LogP contribution in [-0.2, 0) is 24.9 Å². The van der Waals surface area contributed by atoms with Crippen LogP contribution in [0.2, 0.25) is 5.02 Å². The summed E-state index contributed by atoms with van der Waals surface area (Å²) in [5, 5.41) is 5.80. The smallest absolute Gasteiger partial charge is 0.249 e. The molecule has 0 saturated heterocycles. The lowest BCUT2D eigenvalue weighted by atomic mass is 10.1. The first kappa shape index (κ1) is 22.5. The highest BCUT2D eigenvalue weighted by atomic mass is 35.5. The summed E-state index contributed by atoms with van der Waals surface area (Å²) < 4.78 is 20.1. The molecule has 0 N–H and O–H groups in total. The predicted octanol–water partition coefficient (Wildman–Crippen LogP) is 4.29. The topological polar surface area (TPSA) is 70.8 Å². The molecule has 0 aliphatic carbocycles. The minimum absolute atomic E-state index is 0.0786. The average Bonchev–Trinajstić information content (AvgIpc) is 3.43. The van der Waals surface area contributed by atoms with Gasteiger partial charge in [-0.2, -0.15) is 5.10 Å². The van der Waals surface area contributed by atoms with Gasteiger partial charge in [0.2, 0.25) is 11.7 Å². The molecular weight excluding hydrogens is 444 g/mol. The molecule has 0 aliphatic heterocycles. The number of hydrogen-bond donors (Lipinski definition) is 0. The number of fused-ring (bicyclic) bond motifs is 1. The van der Waals surface area contributed by atoms with Gasteiger partial charge in [-0.1, -0.05) is 11.6 Å². The second kappa shape index (κ2) is 9.46. The molecule has 172 valence electrons. The zero-order chi connectivity index (χ0) is 23.5. The standard InChI is InChI=1S/C24H25ClN4O4/c1-27-13-16(19-10-17(25)6-7-20(19)27)14-29(23(30)15-28-9-5-8-26-28)18-11-21(31-2)24(33-4)22(12-18)32-3/h5-13H,14-15H2,1-4H3. The number of hydrogen-bond acceptors (Lipinski definition) is 5. The molecule has 0 atom stereocenters. The van der Waals surface area contributed by atoms with Crippen LogP contribution >= 0.6 is 11.6 Å². The van der Waals surface area contributed by atoms with E-state index in [0.29, 0.717) is 34.5 Å². The van der Waals surface area contributed by atoms with Crippen molar-refractivity contribution in [3.8, 4) is 17.2 Å². The third-order valence-electron chi connectivity index (χ3n) is 5.48. The number of rotatable bonds is 8. The summed E-state index contributed by atoms with van der Waals surface area (Å²) in [6.45, 7) is 0.394. The van der Waals surface area contributed by atoms with Gasteiger partial charge < -0.3 is 23.7 Å². The fourth-order valence-electron chi connectivity index (χ4n) is 3.91. The van der Waals surface area contributed by atoms with Gasteiger partial charge in [-0.3, -0.25) is 9.48 Å². The maximum atomic E-state index is 13.5. The monoisotopic (exact) mass is 468 g/mol. The highest BCUT2D eigenvalue weighted by molar-refractivity contribution is 6.31. The molecule has 0 aliphatic rings. The van der Waals surface area contributed by atoms with Crippen LogP contribution in [0.1, 0.15) is 5.56 Å². The molecule has 4 rings (SSSR count). The van der Waals surface area contributed by atoms with Gasteiger partial charge in [0.25, 0.3) is 0 Å². The second-order valence-corrected chi connectivity index (χ2v) is 7.93.